The number of pyridine rings is 2. The number of likely N-dealkylation sites (N-methyl/N-ethyl adjacent to an activating group) is 1. The molecule has 0 aliphatic carbocycles. The zero-order valence-corrected chi connectivity index (χ0v) is 20.0. The molecule has 1 unspecified atom stereocenters. The molecule has 12 heteroatoms. The van der Waals surface area contributed by atoms with Crippen LogP contribution in [0.2, 0.25) is 10.0 Å². The molecule has 174 valence electrons. The number of aromatic amines is 1. The fourth-order valence-electron chi connectivity index (χ4n) is 4.02. The third kappa shape index (κ3) is 3.98. The van der Waals surface area contributed by atoms with Gasteiger partial charge in [0.2, 0.25) is 10.0 Å². The first kappa shape index (κ1) is 22.6. The summed E-state index contributed by atoms with van der Waals surface area (Å²) in [6, 6.07) is 9.89. The Balaban J connectivity index is 1.68. The molecule has 4 N–H and O–H groups in total. The third-order valence-electron chi connectivity index (χ3n) is 5.66. The third-order valence-corrected chi connectivity index (χ3v) is 7.15. The van der Waals surface area contributed by atoms with Gasteiger partial charge in [-0.05, 0) is 35.9 Å². The molecule has 0 amide bonds. The normalized spacial score (nSPS) is 16.0. The molecule has 0 bridgehead atoms. The zero-order chi connectivity index (χ0) is 24.2. The first-order chi connectivity index (χ1) is 16.1. The number of halogens is 2. The molecule has 0 radical (unpaired) electrons. The number of nitrogens with zero attached hydrogens (tertiary/aromatic N) is 3. The van der Waals surface area contributed by atoms with E-state index in [-0.39, 0.29) is 32.1 Å². The van der Waals surface area contributed by atoms with Gasteiger partial charge in [-0.1, -0.05) is 29.3 Å². The molecule has 2 aromatic heterocycles. The van der Waals surface area contributed by atoms with E-state index >= 15 is 0 Å². The minimum absolute atomic E-state index is 0.0383. The molecule has 0 saturated carbocycles. The van der Waals surface area contributed by atoms with E-state index in [9.17, 15) is 13.2 Å². The highest BCUT2D eigenvalue weighted by Crippen LogP contribution is 2.37. The minimum atomic E-state index is -3.99. The van der Waals surface area contributed by atoms with Gasteiger partial charge in [-0.25, -0.2) is 18.5 Å². The van der Waals surface area contributed by atoms with Crippen LogP contribution in [0, 0.1) is 0 Å². The highest BCUT2D eigenvalue weighted by atomic mass is 35.5. The number of aromatic nitrogens is 2. The smallest absolute Gasteiger partial charge is 0.256 e. The van der Waals surface area contributed by atoms with Gasteiger partial charge in [0.15, 0.2) is 0 Å². The first-order valence-electron chi connectivity index (χ1n) is 10.1. The molecule has 3 heterocycles. The average molecular weight is 517 g/mol. The van der Waals surface area contributed by atoms with Gasteiger partial charge in [-0.3, -0.25) is 9.80 Å². The van der Waals surface area contributed by atoms with E-state index in [0.29, 0.717) is 27.5 Å². The van der Waals surface area contributed by atoms with Crippen molar-refractivity contribution in [2.75, 3.05) is 18.9 Å². The fourth-order valence-corrected chi connectivity index (χ4v) is 5.29. The van der Waals surface area contributed by atoms with Crippen LogP contribution < -0.4 is 16.0 Å². The lowest BCUT2D eigenvalue weighted by Crippen LogP contribution is -2.13. The van der Waals surface area contributed by atoms with E-state index in [1.165, 1.54) is 18.3 Å². The fraction of sp³-hybridized carbons (Fsp3) is 0.136. The van der Waals surface area contributed by atoms with E-state index in [2.05, 4.69) is 15.4 Å². The van der Waals surface area contributed by atoms with Crippen molar-refractivity contribution in [2.24, 2.45) is 10.2 Å². The number of primary sulfonamides is 1. The second-order valence-electron chi connectivity index (χ2n) is 7.98. The molecule has 4 aromatic rings. The summed E-state index contributed by atoms with van der Waals surface area (Å²) in [6.07, 6.45) is 3.41. The van der Waals surface area contributed by atoms with Crippen LogP contribution in [0.15, 0.2) is 57.4 Å². The monoisotopic (exact) mass is 516 g/mol. The molecule has 1 aliphatic rings. The largest absolute Gasteiger partial charge is 0.337 e. The van der Waals surface area contributed by atoms with Crippen LogP contribution in [0.25, 0.3) is 21.7 Å². The van der Waals surface area contributed by atoms with E-state index in [1.807, 2.05) is 36.5 Å². The van der Waals surface area contributed by atoms with Crippen molar-refractivity contribution in [2.45, 2.75) is 10.8 Å². The second kappa shape index (κ2) is 8.24. The van der Waals surface area contributed by atoms with Crippen LogP contribution in [0.1, 0.15) is 11.5 Å². The maximum atomic E-state index is 12.9. The average Bonchev–Trinajstić information content (AvgIpc) is 3.21. The predicted molar refractivity (Wildman–Crippen MR) is 135 cm³/mol. The number of benzene rings is 2. The molecule has 1 aliphatic heterocycles. The number of hydrogen-bond acceptors (Lipinski definition) is 7. The van der Waals surface area contributed by atoms with Gasteiger partial charge in [0, 0.05) is 42.7 Å². The molecule has 34 heavy (non-hydrogen) atoms. The summed E-state index contributed by atoms with van der Waals surface area (Å²) in [7, 11) is -2.09. The van der Waals surface area contributed by atoms with Crippen LogP contribution in [0.4, 0.5) is 11.5 Å². The molecule has 2 aromatic carbocycles. The molecular weight excluding hydrogens is 499 g/mol. The van der Waals surface area contributed by atoms with Crippen molar-refractivity contribution in [3.8, 4) is 0 Å². The van der Waals surface area contributed by atoms with Crippen LogP contribution in [-0.2, 0) is 10.0 Å². The van der Waals surface area contributed by atoms with Crippen molar-refractivity contribution in [1.82, 2.24) is 15.0 Å². The van der Waals surface area contributed by atoms with Crippen molar-refractivity contribution in [1.29, 1.82) is 0 Å². The van der Waals surface area contributed by atoms with Crippen LogP contribution in [-0.4, -0.2) is 43.2 Å². The second-order valence-corrected chi connectivity index (χ2v) is 10.4. The molecule has 0 fully saturated rings. The van der Waals surface area contributed by atoms with Crippen LogP contribution in [0.5, 0.6) is 0 Å². The topological polar surface area (TPSA) is 134 Å². The Kier molecular flexibility index (Phi) is 5.48. The van der Waals surface area contributed by atoms with Crippen LogP contribution in [0.3, 0.4) is 0 Å². The van der Waals surface area contributed by atoms with E-state index in [4.69, 9.17) is 33.3 Å². The summed E-state index contributed by atoms with van der Waals surface area (Å²) in [6.45, 7) is 0.748. The Morgan fingerprint density at radius 1 is 1.15 bits per heavy atom. The molecule has 9 nitrogen and oxygen atoms in total. The van der Waals surface area contributed by atoms with Gasteiger partial charge in [-0.2, -0.15) is 5.10 Å². The van der Waals surface area contributed by atoms with Crippen molar-refractivity contribution in [3.05, 3.63) is 68.6 Å². The minimum Gasteiger partial charge on any atom is -0.337 e. The maximum Gasteiger partial charge on any atom is 0.256 e. The summed E-state index contributed by atoms with van der Waals surface area (Å²) < 4.78 is 23.4. The van der Waals surface area contributed by atoms with Crippen molar-refractivity contribution < 1.29 is 8.42 Å². The first-order valence-corrected chi connectivity index (χ1v) is 12.4. The lowest BCUT2D eigenvalue weighted by molar-refractivity contribution is 0.381. The Morgan fingerprint density at radius 3 is 2.53 bits per heavy atom. The number of rotatable bonds is 4. The van der Waals surface area contributed by atoms with Gasteiger partial charge in [-0.15, -0.1) is 0 Å². The SMILES string of the molecule is CN1CC(c2ccc3nc(Nc4c(Cl)cc(S(N)(=O)=O)cc4Cl)c4cc[nH]c(=O)c4c3c2)C=N1. The molecule has 0 spiro atoms. The van der Waals surface area contributed by atoms with E-state index in [1.54, 1.807) is 6.07 Å². The maximum absolute atomic E-state index is 12.9. The number of anilines is 2. The Labute approximate surface area is 204 Å². The lowest BCUT2D eigenvalue weighted by atomic mass is 9.97. The van der Waals surface area contributed by atoms with Crippen LogP contribution >= 0.6 is 23.2 Å². The molecular formula is C22H18Cl2N6O3S. The predicted octanol–water partition coefficient (Wildman–Crippen LogP) is 3.79. The van der Waals surface area contributed by atoms with Gasteiger partial charge in [0.25, 0.3) is 5.56 Å². The van der Waals surface area contributed by atoms with E-state index < -0.39 is 10.0 Å². The quantitative estimate of drug-likeness (QED) is 0.353. The van der Waals surface area contributed by atoms with Gasteiger partial charge >= 0.3 is 0 Å². The molecule has 5 rings (SSSR count). The number of H-pyrrole nitrogens is 1. The van der Waals surface area contributed by atoms with Gasteiger partial charge in [0.05, 0.1) is 31.5 Å². The number of hydrogen-bond donors (Lipinski definition) is 3. The van der Waals surface area contributed by atoms with E-state index in [0.717, 1.165) is 12.1 Å². The Hall–Kier alpha value is -3.18. The van der Waals surface area contributed by atoms with Crippen molar-refractivity contribution >= 4 is 72.6 Å². The standard InChI is InChI=1S/C22H18Cl2N6O3S/c1-30-10-12(9-27-30)11-2-3-18-15(6-11)19-14(4-5-26-22(19)31)21(28-18)29-20-16(23)7-13(8-17(20)24)34(25,32)33/h2-9,12H,10H2,1H3,(H,26,31)(H,28,29)(H2,25,32,33). The number of nitrogens with one attached hydrogen (secondary N) is 2. The highest BCUT2D eigenvalue weighted by Gasteiger charge is 2.20. The molecule has 1 atom stereocenters. The number of sulfonamides is 1. The number of fused-ring (bicyclic) bond motifs is 3. The highest BCUT2D eigenvalue weighted by molar-refractivity contribution is 7.89. The summed E-state index contributed by atoms with van der Waals surface area (Å²) in [5, 5.41) is 16.2. The Morgan fingerprint density at radius 2 is 1.88 bits per heavy atom. The number of nitrogens with two attached hydrogens (primary N) is 1. The van der Waals surface area contributed by atoms with Gasteiger partial charge < -0.3 is 10.3 Å². The summed E-state index contributed by atoms with van der Waals surface area (Å²) >= 11 is 12.6. The summed E-state index contributed by atoms with van der Waals surface area (Å²) in [5.74, 6) is 0.454. The van der Waals surface area contributed by atoms with Gasteiger partial charge in [0.1, 0.15) is 5.82 Å². The zero-order valence-electron chi connectivity index (χ0n) is 17.7. The summed E-state index contributed by atoms with van der Waals surface area (Å²) in [5.41, 5.74) is 1.58. The number of hydrazone groups is 1. The van der Waals surface area contributed by atoms with Crippen molar-refractivity contribution in [3.63, 3.8) is 0 Å². The Bertz CT molecular complexity index is 1650. The lowest BCUT2D eigenvalue weighted by Gasteiger charge is -2.15. The molecule has 0 saturated heterocycles. The summed E-state index contributed by atoms with van der Waals surface area (Å²) in [4.78, 5) is 20.1.